The average Bonchev–Trinajstić information content (AvgIpc) is 2.16. The van der Waals surface area contributed by atoms with E-state index in [4.69, 9.17) is 17.3 Å². The van der Waals surface area contributed by atoms with Crippen LogP contribution in [0.2, 0.25) is 5.02 Å². The molecule has 0 saturated carbocycles. The number of halogens is 1. The Labute approximate surface area is 89.2 Å². The van der Waals surface area contributed by atoms with Crippen molar-refractivity contribution in [3.8, 4) is 0 Å². The summed E-state index contributed by atoms with van der Waals surface area (Å²) in [6.07, 6.45) is 1.73. The molecule has 2 N–H and O–H groups in total. The Morgan fingerprint density at radius 3 is 2.86 bits per heavy atom. The smallest absolute Gasteiger partial charge is 0.0557 e. The predicted molar refractivity (Wildman–Crippen MR) is 61.8 cm³/mol. The number of anilines is 1. The van der Waals surface area contributed by atoms with E-state index < -0.39 is 0 Å². The highest BCUT2D eigenvalue weighted by atomic mass is 35.5. The number of benzene rings is 1. The van der Waals surface area contributed by atoms with Gasteiger partial charge < -0.3 is 10.7 Å². The van der Waals surface area contributed by atoms with Crippen LogP contribution in [0.25, 0.3) is 0 Å². The quantitative estimate of drug-likeness (QED) is 0.473. The van der Waals surface area contributed by atoms with Crippen molar-refractivity contribution >= 4 is 23.5 Å². The van der Waals surface area contributed by atoms with Crippen LogP contribution in [-0.4, -0.2) is 24.8 Å². The molecule has 0 spiro atoms. The van der Waals surface area contributed by atoms with Crippen LogP contribution in [0.1, 0.15) is 12.5 Å². The Kier molecular flexibility index (Phi) is 3.77. The third kappa shape index (κ3) is 2.92. The molecular weight excluding hydrogens is 198 g/mol. The van der Waals surface area contributed by atoms with Crippen molar-refractivity contribution in [3.63, 3.8) is 0 Å². The molecule has 0 aromatic heterocycles. The zero-order valence-corrected chi connectivity index (χ0v) is 9.12. The zero-order valence-electron chi connectivity index (χ0n) is 8.37. The molecule has 0 aliphatic carbocycles. The summed E-state index contributed by atoms with van der Waals surface area (Å²) in [6.45, 7) is 2.89. The maximum absolute atomic E-state index is 5.97. The van der Waals surface area contributed by atoms with E-state index in [1.165, 1.54) is 0 Å². The summed E-state index contributed by atoms with van der Waals surface area (Å²) in [4.78, 5) is 0. The SMILES string of the molecule is CCN(C)/N=C/c1ccc(N)cc1Cl. The van der Waals surface area contributed by atoms with Gasteiger partial charge >= 0.3 is 0 Å². The minimum atomic E-state index is 0.623. The third-order valence-electron chi connectivity index (χ3n) is 1.88. The van der Waals surface area contributed by atoms with Crippen molar-refractivity contribution in [3.05, 3.63) is 28.8 Å². The van der Waals surface area contributed by atoms with Crippen LogP contribution < -0.4 is 5.73 Å². The lowest BCUT2D eigenvalue weighted by atomic mass is 10.2. The first-order chi connectivity index (χ1) is 6.63. The van der Waals surface area contributed by atoms with Crippen LogP contribution >= 0.6 is 11.6 Å². The second-order valence-corrected chi connectivity index (χ2v) is 3.41. The molecule has 0 aliphatic heterocycles. The van der Waals surface area contributed by atoms with Gasteiger partial charge in [0.1, 0.15) is 0 Å². The number of nitrogen functional groups attached to an aromatic ring is 1. The summed E-state index contributed by atoms with van der Waals surface area (Å²) in [7, 11) is 1.90. The highest BCUT2D eigenvalue weighted by Crippen LogP contribution is 2.17. The largest absolute Gasteiger partial charge is 0.399 e. The van der Waals surface area contributed by atoms with Gasteiger partial charge in [-0.2, -0.15) is 5.10 Å². The monoisotopic (exact) mass is 211 g/mol. The van der Waals surface area contributed by atoms with Gasteiger partial charge in [0.15, 0.2) is 0 Å². The van der Waals surface area contributed by atoms with Gasteiger partial charge in [-0.05, 0) is 25.1 Å². The van der Waals surface area contributed by atoms with Gasteiger partial charge in [-0.1, -0.05) is 11.6 Å². The summed E-state index contributed by atoms with van der Waals surface area (Å²) < 4.78 is 0. The molecule has 0 atom stereocenters. The van der Waals surface area contributed by atoms with E-state index in [1.54, 1.807) is 18.3 Å². The number of hydrazone groups is 1. The molecular formula is C10H14ClN3. The van der Waals surface area contributed by atoms with Crippen LogP contribution in [0.4, 0.5) is 5.69 Å². The molecule has 0 bridgehead atoms. The van der Waals surface area contributed by atoms with Crippen molar-refractivity contribution in [1.29, 1.82) is 0 Å². The van der Waals surface area contributed by atoms with Crippen LogP contribution in [0.5, 0.6) is 0 Å². The Morgan fingerprint density at radius 2 is 2.29 bits per heavy atom. The minimum Gasteiger partial charge on any atom is -0.399 e. The van der Waals surface area contributed by atoms with Crippen molar-refractivity contribution in [2.45, 2.75) is 6.92 Å². The summed E-state index contributed by atoms with van der Waals surface area (Å²) in [5.74, 6) is 0. The molecule has 0 saturated heterocycles. The standard InChI is InChI=1S/C10H14ClN3/c1-3-14(2)13-7-8-4-5-9(12)6-10(8)11/h4-7H,3,12H2,1-2H3/b13-7+. The summed E-state index contributed by atoms with van der Waals surface area (Å²) in [6, 6.07) is 5.37. The van der Waals surface area contributed by atoms with Crippen LogP contribution in [-0.2, 0) is 0 Å². The van der Waals surface area contributed by atoms with Crippen molar-refractivity contribution < 1.29 is 0 Å². The molecule has 1 aromatic carbocycles. The molecule has 0 unspecified atom stereocenters. The minimum absolute atomic E-state index is 0.623. The molecule has 76 valence electrons. The van der Waals surface area contributed by atoms with E-state index in [0.717, 1.165) is 12.1 Å². The van der Waals surface area contributed by atoms with E-state index in [1.807, 2.05) is 25.0 Å². The van der Waals surface area contributed by atoms with Gasteiger partial charge in [0, 0.05) is 24.8 Å². The van der Waals surface area contributed by atoms with Crippen molar-refractivity contribution in [1.82, 2.24) is 5.01 Å². The Hall–Kier alpha value is -1.22. The Balaban J connectivity index is 2.82. The number of nitrogens with two attached hydrogens (primary N) is 1. The molecule has 4 heteroatoms. The van der Waals surface area contributed by atoms with E-state index in [0.29, 0.717) is 10.7 Å². The molecule has 0 fully saturated rings. The fraction of sp³-hybridized carbons (Fsp3) is 0.300. The fourth-order valence-electron chi connectivity index (χ4n) is 0.890. The normalized spacial score (nSPS) is 10.8. The lowest BCUT2D eigenvalue weighted by Gasteiger charge is -2.08. The summed E-state index contributed by atoms with van der Waals surface area (Å²) >= 11 is 5.97. The molecule has 0 radical (unpaired) electrons. The van der Waals surface area contributed by atoms with Crippen molar-refractivity contribution in [2.75, 3.05) is 19.3 Å². The number of rotatable bonds is 3. The lowest BCUT2D eigenvalue weighted by molar-refractivity contribution is 0.377. The molecule has 0 aliphatic rings. The fourth-order valence-corrected chi connectivity index (χ4v) is 1.13. The van der Waals surface area contributed by atoms with Gasteiger partial charge in [-0.3, -0.25) is 0 Å². The van der Waals surface area contributed by atoms with Gasteiger partial charge in [0.25, 0.3) is 0 Å². The molecule has 0 heterocycles. The molecule has 14 heavy (non-hydrogen) atoms. The van der Waals surface area contributed by atoms with Gasteiger partial charge in [-0.25, -0.2) is 0 Å². The third-order valence-corrected chi connectivity index (χ3v) is 2.20. The van der Waals surface area contributed by atoms with E-state index in [2.05, 4.69) is 5.10 Å². The van der Waals surface area contributed by atoms with Gasteiger partial charge in [-0.15, -0.1) is 0 Å². The van der Waals surface area contributed by atoms with E-state index in [9.17, 15) is 0 Å². The highest BCUT2D eigenvalue weighted by Gasteiger charge is 1.97. The van der Waals surface area contributed by atoms with Crippen LogP contribution in [0, 0.1) is 0 Å². The molecule has 0 amide bonds. The molecule has 1 aromatic rings. The topological polar surface area (TPSA) is 41.6 Å². The second kappa shape index (κ2) is 4.86. The lowest BCUT2D eigenvalue weighted by Crippen LogP contribution is -2.09. The van der Waals surface area contributed by atoms with Crippen molar-refractivity contribution in [2.24, 2.45) is 5.10 Å². The maximum atomic E-state index is 5.97. The van der Waals surface area contributed by atoms with Crippen LogP contribution in [0.3, 0.4) is 0 Å². The number of nitrogens with zero attached hydrogens (tertiary/aromatic N) is 2. The first-order valence-electron chi connectivity index (χ1n) is 4.43. The first-order valence-corrected chi connectivity index (χ1v) is 4.81. The second-order valence-electron chi connectivity index (χ2n) is 3.00. The van der Waals surface area contributed by atoms with Gasteiger partial charge in [0.05, 0.1) is 11.2 Å². The Bertz CT molecular complexity index is 336. The zero-order chi connectivity index (χ0) is 10.6. The van der Waals surface area contributed by atoms with E-state index in [-0.39, 0.29) is 0 Å². The Morgan fingerprint density at radius 1 is 1.57 bits per heavy atom. The molecule has 3 nitrogen and oxygen atoms in total. The average molecular weight is 212 g/mol. The van der Waals surface area contributed by atoms with Crippen LogP contribution in [0.15, 0.2) is 23.3 Å². The molecule has 1 rings (SSSR count). The number of hydrogen-bond acceptors (Lipinski definition) is 3. The maximum Gasteiger partial charge on any atom is 0.0557 e. The predicted octanol–water partition coefficient (Wildman–Crippen LogP) is 2.21. The number of hydrogen-bond donors (Lipinski definition) is 1. The highest BCUT2D eigenvalue weighted by molar-refractivity contribution is 6.33. The summed E-state index contributed by atoms with van der Waals surface area (Å²) in [5, 5.41) is 6.64. The van der Waals surface area contributed by atoms with Gasteiger partial charge in [0.2, 0.25) is 0 Å². The first kappa shape index (κ1) is 10.9. The summed E-state index contributed by atoms with van der Waals surface area (Å²) in [5.41, 5.74) is 7.11. The van der Waals surface area contributed by atoms with E-state index >= 15 is 0 Å².